The molecule has 3 heteroatoms. The van der Waals surface area contributed by atoms with E-state index in [1.165, 1.54) is 5.56 Å². The molecule has 0 saturated carbocycles. The molecule has 0 bridgehead atoms. The molecule has 0 atom stereocenters. The number of unbranched alkanes of at least 4 members (excludes halogenated alkanes) is 1. The first-order chi connectivity index (χ1) is 9.86. The lowest BCUT2D eigenvalue weighted by atomic mass is 10.2. The molecule has 3 nitrogen and oxygen atoms in total. The van der Waals surface area contributed by atoms with E-state index in [-0.39, 0.29) is 0 Å². The number of ether oxygens (including phenoxy) is 1. The molecule has 1 N–H and O–H groups in total. The summed E-state index contributed by atoms with van der Waals surface area (Å²) < 4.78 is 5.76. The van der Waals surface area contributed by atoms with Crippen molar-refractivity contribution in [2.75, 3.05) is 13.2 Å². The second-order valence-corrected chi connectivity index (χ2v) is 4.82. The van der Waals surface area contributed by atoms with E-state index in [0.717, 1.165) is 44.0 Å². The number of hydrogen-bond acceptors (Lipinski definition) is 3. The summed E-state index contributed by atoms with van der Waals surface area (Å²) >= 11 is 0. The quantitative estimate of drug-likeness (QED) is 0.747. The summed E-state index contributed by atoms with van der Waals surface area (Å²) in [7, 11) is 0. The van der Waals surface area contributed by atoms with Crippen LogP contribution in [0.5, 0.6) is 5.75 Å². The average Bonchev–Trinajstić information content (AvgIpc) is 2.49. The van der Waals surface area contributed by atoms with E-state index in [1.54, 1.807) is 0 Å². The Labute approximate surface area is 121 Å². The molecule has 1 aromatic carbocycles. The molecule has 0 fully saturated rings. The standard InChI is InChI=1S/C17H22N2O/c1-15-8-2-3-10-17(15)20-13-7-6-11-18-14-16-9-4-5-12-19-16/h2-5,8-10,12,18H,6-7,11,13-14H2,1H3. The van der Waals surface area contributed by atoms with Gasteiger partial charge in [0.05, 0.1) is 12.3 Å². The van der Waals surface area contributed by atoms with Crippen molar-refractivity contribution < 1.29 is 4.74 Å². The lowest BCUT2D eigenvalue weighted by molar-refractivity contribution is 0.304. The Morgan fingerprint density at radius 2 is 1.90 bits per heavy atom. The van der Waals surface area contributed by atoms with Crippen LogP contribution in [-0.4, -0.2) is 18.1 Å². The third-order valence-corrected chi connectivity index (χ3v) is 3.13. The Morgan fingerprint density at radius 1 is 1.05 bits per heavy atom. The highest BCUT2D eigenvalue weighted by Gasteiger charge is 1.97. The summed E-state index contributed by atoms with van der Waals surface area (Å²) in [4.78, 5) is 4.27. The van der Waals surface area contributed by atoms with Crippen molar-refractivity contribution >= 4 is 0 Å². The van der Waals surface area contributed by atoms with Crippen LogP contribution in [0, 0.1) is 6.92 Å². The van der Waals surface area contributed by atoms with Gasteiger partial charge in [-0.2, -0.15) is 0 Å². The number of hydrogen-bond donors (Lipinski definition) is 1. The van der Waals surface area contributed by atoms with E-state index in [1.807, 2.05) is 42.6 Å². The summed E-state index contributed by atoms with van der Waals surface area (Å²) in [5.41, 5.74) is 2.28. The number of nitrogens with one attached hydrogen (secondary N) is 1. The largest absolute Gasteiger partial charge is 0.493 e. The minimum absolute atomic E-state index is 0.774. The van der Waals surface area contributed by atoms with Gasteiger partial charge in [-0.25, -0.2) is 0 Å². The fourth-order valence-electron chi connectivity index (χ4n) is 1.97. The maximum Gasteiger partial charge on any atom is 0.122 e. The minimum atomic E-state index is 0.774. The second-order valence-electron chi connectivity index (χ2n) is 4.82. The Hall–Kier alpha value is -1.87. The molecule has 0 aliphatic carbocycles. The molecule has 0 saturated heterocycles. The van der Waals surface area contributed by atoms with Crippen LogP contribution in [-0.2, 0) is 6.54 Å². The topological polar surface area (TPSA) is 34.1 Å². The van der Waals surface area contributed by atoms with Gasteiger partial charge in [-0.1, -0.05) is 24.3 Å². The highest BCUT2D eigenvalue weighted by atomic mass is 16.5. The zero-order valence-corrected chi connectivity index (χ0v) is 12.0. The van der Waals surface area contributed by atoms with Crippen molar-refractivity contribution in [3.05, 3.63) is 59.9 Å². The van der Waals surface area contributed by atoms with Crippen LogP contribution >= 0.6 is 0 Å². The molecule has 106 valence electrons. The van der Waals surface area contributed by atoms with Gasteiger partial charge in [-0.05, 0) is 50.1 Å². The normalized spacial score (nSPS) is 10.4. The Balaban J connectivity index is 1.53. The van der Waals surface area contributed by atoms with E-state index >= 15 is 0 Å². The smallest absolute Gasteiger partial charge is 0.122 e. The molecule has 1 aromatic heterocycles. The molecule has 0 unspecified atom stereocenters. The number of rotatable bonds is 8. The molecular formula is C17H22N2O. The van der Waals surface area contributed by atoms with E-state index in [4.69, 9.17) is 4.74 Å². The van der Waals surface area contributed by atoms with Crippen molar-refractivity contribution in [3.63, 3.8) is 0 Å². The molecule has 0 aliphatic rings. The van der Waals surface area contributed by atoms with Crippen LogP contribution in [0.3, 0.4) is 0 Å². The van der Waals surface area contributed by atoms with Crippen LogP contribution in [0.4, 0.5) is 0 Å². The zero-order valence-electron chi connectivity index (χ0n) is 12.0. The van der Waals surface area contributed by atoms with E-state index in [9.17, 15) is 0 Å². The Bertz CT molecular complexity index is 499. The molecule has 2 rings (SSSR count). The Kier molecular flexibility index (Phi) is 6.06. The van der Waals surface area contributed by atoms with Crippen molar-refractivity contribution in [1.29, 1.82) is 0 Å². The van der Waals surface area contributed by atoms with Crippen molar-refractivity contribution in [1.82, 2.24) is 10.3 Å². The number of benzene rings is 1. The second kappa shape index (κ2) is 8.33. The third kappa shape index (κ3) is 5.02. The molecule has 0 spiro atoms. The van der Waals surface area contributed by atoms with Crippen molar-refractivity contribution in [2.45, 2.75) is 26.3 Å². The number of aryl methyl sites for hydroxylation is 1. The lowest BCUT2D eigenvalue weighted by Gasteiger charge is -2.09. The monoisotopic (exact) mass is 270 g/mol. The highest BCUT2D eigenvalue weighted by Crippen LogP contribution is 2.16. The summed E-state index contributed by atoms with van der Waals surface area (Å²) in [6, 6.07) is 14.1. The first-order valence-corrected chi connectivity index (χ1v) is 7.15. The molecule has 1 heterocycles. The van der Waals surface area contributed by atoms with E-state index in [2.05, 4.69) is 23.3 Å². The molecule has 0 aliphatic heterocycles. The molecular weight excluding hydrogens is 248 g/mol. The number of aromatic nitrogens is 1. The van der Waals surface area contributed by atoms with Gasteiger partial charge < -0.3 is 10.1 Å². The zero-order chi connectivity index (χ0) is 14.0. The summed E-state index contributed by atoms with van der Waals surface area (Å²) in [6.07, 6.45) is 4.00. The van der Waals surface area contributed by atoms with Crippen LogP contribution in [0.25, 0.3) is 0 Å². The van der Waals surface area contributed by atoms with Gasteiger partial charge in [0.15, 0.2) is 0 Å². The van der Waals surface area contributed by atoms with Crippen molar-refractivity contribution in [3.8, 4) is 5.75 Å². The predicted octanol–water partition coefficient (Wildman–Crippen LogP) is 3.34. The van der Waals surface area contributed by atoms with Gasteiger partial charge in [0.25, 0.3) is 0 Å². The molecule has 20 heavy (non-hydrogen) atoms. The molecule has 0 radical (unpaired) electrons. The fraction of sp³-hybridized carbons (Fsp3) is 0.353. The maximum atomic E-state index is 5.76. The number of nitrogens with zero attached hydrogens (tertiary/aromatic N) is 1. The van der Waals surface area contributed by atoms with Gasteiger partial charge >= 0.3 is 0 Å². The fourth-order valence-corrected chi connectivity index (χ4v) is 1.97. The average molecular weight is 270 g/mol. The number of para-hydroxylation sites is 1. The molecule has 0 amide bonds. The number of pyridine rings is 1. The van der Waals surface area contributed by atoms with Gasteiger partial charge in [0, 0.05) is 12.7 Å². The van der Waals surface area contributed by atoms with Gasteiger partial charge in [0.2, 0.25) is 0 Å². The van der Waals surface area contributed by atoms with Crippen molar-refractivity contribution in [2.24, 2.45) is 0 Å². The van der Waals surface area contributed by atoms with Crippen LogP contribution in [0.1, 0.15) is 24.1 Å². The van der Waals surface area contributed by atoms with E-state index < -0.39 is 0 Å². The van der Waals surface area contributed by atoms with Crippen LogP contribution in [0.15, 0.2) is 48.7 Å². The summed E-state index contributed by atoms with van der Waals surface area (Å²) in [5, 5.41) is 3.39. The molecule has 2 aromatic rings. The van der Waals surface area contributed by atoms with Gasteiger partial charge in [-0.3, -0.25) is 4.98 Å². The van der Waals surface area contributed by atoms with Crippen LogP contribution in [0.2, 0.25) is 0 Å². The first-order valence-electron chi connectivity index (χ1n) is 7.15. The maximum absolute atomic E-state index is 5.76. The third-order valence-electron chi connectivity index (χ3n) is 3.13. The predicted molar refractivity (Wildman–Crippen MR) is 81.9 cm³/mol. The highest BCUT2D eigenvalue weighted by molar-refractivity contribution is 5.31. The Morgan fingerprint density at radius 3 is 2.70 bits per heavy atom. The first kappa shape index (κ1) is 14.5. The van der Waals surface area contributed by atoms with Gasteiger partial charge in [-0.15, -0.1) is 0 Å². The minimum Gasteiger partial charge on any atom is -0.493 e. The van der Waals surface area contributed by atoms with E-state index in [0.29, 0.717) is 0 Å². The summed E-state index contributed by atoms with van der Waals surface area (Å²) in [5.74, 6) is 0.994. The lowest BCUT2D eigenvalue weighted by Crippen LogP contribution is -2.16. The van der Waals surface area contributed by atoms with Gasteiger partial charge in [0.1, 0.15) is 5.75 Å². The summed E-state index contributed by atoms with van der Waals surface area (Å²) in [6.45, 7) is 4.67. The van der Waals surface area contributed by atoms with Crippen LogP contribution < -0.4 is 10.1 Å². The SMILES string of the molecule is Cc1ccccc1OCCCCNCc1ccccn1.